The second-order valence-electron chi connectivity index (χ2n) is 4.64. The lowest BCUT2D eigenvalue weighted by Gasteiger charge is -2.07. The SMILES string of the molecule is C/C=C\c1nc(/C(N)=C(\Br)c2ccccc2C)[nH]c1C. The number of H-pyrrole nitrogens is 1. The van der Waals surface area contributed by atoms with Crippen LogP contribution in [-0.2, 0) is 0 Å². The molecular formula is C16H18BrN3. The summed E-state index contributed by atoms with van der Waals surface area (Å²) >= 11 is 3.59. The maximum absolute atomic E-state index is 6.23. The maximum atomic E-state index is 6.23. The van der Waals surface area contributed by atoms with Crippen LogP contribution in [0.2, 0.25) is 0 Å². The van der Waals surface area contributed by atoms with E-state index >= 15 is 0 Å². The van der Waals surface area contributed by atoms with Crippen molar-refractivity contribution in [2.75, 3.05) is 0 Å². The largest absolute Gasteiger partial charge is 0.395 e. The number of halogens is 1. The van der Waals surface area contributed by atoms with Gasteiger partial charge in [-0.15, -0.1) is 0 Å². The number of hydrogen-bond acceptors (Lipinski definition) is 2. The number of aryl methyl sites for hydroxylation is 2. The highest BCUT2D eigenvalue weighted by molar-refractivity contribution is 9.15. The highest BCUT2D eigenvalue weighted by Crippen LogP contribution is 2.29. The number of aromatic nitrogens is 2. The van der Waals surface area contributed by atoms with E-state index in [1.54, 1.807) is 0 Å². The van der Waals surface area contributed by atoms with Gasteiger partial charge in [0.15, 0.2) is 5.82 Å². The molecule has 4 heteroatoms. The molecule has 0 bridgehead atoms. The van der Waals surface area contributed by atoms with E-state index < -0.39 is 0 Å². The van der Waals surface area contributed by atoms with Crippen molar-refractivity contribution in [2.45, 2.75) is 20.8 Å². The van der Waals surface area contributed by atoms with Gasteiger partial charge in [0.25, 0.3) is 0 Å². The third-order valence-electron chi connectivity index (χ3n) is 3.12. The van der Waals surface area contributed by atoms with Crippen molar-refractivity contribution in [3.63, 3.8) is 0 Å². The molecule has 0 amide bonds. The average Bonchev–Trinajstić information content (AvgIpc) is 2.80. The van der Waals surface area contributed by atoms with Gasteiger partial charge < -0.3 is 10.7 Å². The summed E-state index contributed by atoms with van der Waals surface area (Å²) in [4.78, 5) is 7.74. The molecule has 0 unspecified atom stereocenters. The third-order valence-corrected chi connectivity index (χ3v) is 3.97. The molecule has 0 saturated heterocycles. The van der Waals surface area contributed by atoms with Crippen LogP contribution in [0, 0.1) is 13.8 Å². The monoisotopic (exact) mass is 331 g/mol. The maximum Gasteiger partial charge on any atom is 0.155 e. The molecule has 0 aliphatic heterocycles. The lowest BCUT2D eigenvalue weighted by atomic mass is 10.1. The molecule has 0 aliphatic carbocycles. The van der Waals surface area contributed by atoms with Gasteiger partial charge >= 0.3 is 0 Å². The van der Waals surface area contributed by atoms with Crippen LogP contribution in [-0.4, -0.2) is 9.97 Å². The highest BCUT2D eigenvalue weighted by atomic mass is 79.9. The number of nitrogens with zero attached hydrogens (tertiary/aromatic N) is 1. The Hall–Kier alpha value is -1.81. The molecule has 3 nitrogen and oxygen atoms in total. The normalized spacial score (nSPS) is 12.8. The van der Waals surface area contributed by atoms with Gasteiger partial charge in [0.1, 0.15) is 0 Å². The van der Waals surface area contributed by atoms with E-state index in [1.165, 1.54) is 5.56 Å². The van der Waals surface area contributed by atoms with E-state index in [0.29, 0.717) is 11.5 Å². The molecule has 20 heavy (non-hydrogen) atoms. The fourth-order valence-electron chi connectivity index (χ4n) is 1.99. The van der Waals surface area contributed by atoms with Crippen LogP contribution >= 0.6 is 15.9 Å². The summed E-state index contributed by atoms with van der Waals surface area (Å²) in [5.41, 5.74) is 11.0. The number of hydrogen-bond donors (Lipinski definition) is 2. The van der Waals surface area contributed by atoms with E-state index in [1.807, 2.05) is 44.2 Å². The van der Waals surface area contributed by atoms with Crippen LogP contribution in [0.1, 0.15) is 35.3 Å². The van der Waals surface area contributed by atoms with Gasteiger partial charge in [0.2, 0.25) is 0 Å². The lowest BCUT2D eigenvalue weighted by Crippen LogP contribution is -2.01. The zero-order valence-corrected chi connectivity index (χ0v) is 13.5. The summed E-state index contributed by atoms with van der Waals surface area (Å²) in [7, 11) is 0. The zero-order valence-electron chi connectivity index (χ0n) is 11.9. The van der Waals surface area contributed by atoms with Crippen LogP contribution in [0.3, 0.4) is 0 Å². The molecule has 1 heterocycles. The van der Waals surface area contributed by atoms with E-state index in [4.69, 9.17) is 5.73 Å². The molecule has 2 rings (SSSR count). The molecule has 3 N–H and O–H groups in total. The summed E-state index contributed by atoms with van der Waals surface area (Å²) < 4.78 is 0.858. The number of benzene rings is 1. The van der Waals surface area contributed by atoms with Gasteiger partial charge in [0.05, 0.1) is 15.9 Å². The molecule has 0 aliphatic rings. The van der Waals surface area contributed by atoms with Crippen LogP contribution in [0.4, 0.5) is 0 Å². The number of allylic oxidation sites excluding steroid dienone is 1. The molecule has 1 aromatic heterocycles. The Bertz CT molecular complexity index is 681. The van der Waals surface area contributed by atoms with Crippen LogP contribution in [0.25, 0.3) is 16.3 Å². The standard InChI is InChI=1S/C16H18BrN3/c1-4-7-13-11(3)19-16(20-13)15(18)14(17)12-9-6-5-8-10(12)2/h4-9H,18H2,1-3H3,(H,19,20)/b7-4-,15-14+. The molecule has 0 fully saturated rings. The Kier molecular flexibility index (Phi) is 4.45. The Morgan fingerprint density at radius 2 is 2.00 bits per heavy atom. The van der Waals surface area contributed by atoms with Gasteiger partial charge in [-0.2, -0.15) is 0 Å². The highest BCUT2D eigenvalue weighted by Gasteiger charge is 2.12. The van der Waals surface area contributed by atoms with E-state index in [2.05, 4.69) is 38.9 Å². The second-order valence-corrected chi connectivity index (χ2v) is 5.43. The molecule has 0 saturated carbocycles. The smallest absolute Gasteiger partial charge is 0.155 e. The molecule has 0 radical (unpaired) electrons. The van der Waals surface area contributed by atoms with E-state index in [-0.39, 0.29) is 0 Å². The second kappa shape index (κ2) is 6.09. The number of nitrogens with one attached hydrogen (secondary N) is 1. The quantitative estimate of drug-likeness (QED) is 0.883. The number of aromatic amines is 1. The topological polar surface area (TPSA) is 54.7 Å². The summed E-state index contributed by atoms with van der Waals surface area (Å²) in [5.74, 6) is 0.686. The first-order chi connectivity index (χ1) is 9.54. The van der Waals surface area contributed by atoms with Crippen LogP contribution in [0.5, 0.6) is 0 Å². The Balaban J connectivity index is 2.49. The van der Waals surface area contributed by atoms with Crippen molar-refractivity contribution in [3.05, 3.63) is 58.7 Å². The molecule has 0 spiro atoms. The van der Waals surface area contributed by atoms with Crippen molar-refractivity contribution >= 4 is 32.2 Å². The summed E-state index contributed by atoms with van der Waals surface area (Å²) in [6, 6.07) is 8.10. The fraction of sp³-hybridized carbons (Fsp3) is 0.188. The van der Waals surface area contributed by atoms with E-state index in [9.17, 15) is 0 Å². The minimum atomic E-state index is 0.609. The summed E-state index contributed by atoms with van der Waals surface area (Å²) in [5, 5.41) is 0. The summed E-state index contributed by atoms with van der Waals surface area (Å²) in [6.45, 7) is 6.01. The zero-order chi connectivity index (χ0) is 14.7. The summed E-state index contributed by atoms with van der Waals surface area (Å²) in [6.07, 6.45) is 3.92. The molecule has 0 atom stereocenters. The van der Waals surface area contributed by atoms with Crippen molar-refractivity contribution < 1.29 is 0 Å². The first kappa shape index (κ1) is 14.6. The van der Waals surface area contributed by atoms with E-state index in [0.717, 1.165) is 21.4 Å². The van der Waals surface area contributed by atoms with Gasteiger partial charge in [-0.1, -0.05) is 30.3 Å². The van der Waals surface area contributed by atoms with Crippen molar-refractivity contribution in [3.8, 4) is 0 Å². The van der Waals surface area contributed by atoms with Gasteiger partial charge in [-0.05, 0) is 53.9 Å². The lowest BCUT2D eigenvalue weighted by molar-refractivity contribution is 1.19. The van der Waals surface area contributed by atoms with Gasteiger partial charge in [-0.25, -0.2) is 4.98 Å². The number of nitrogens with two attached hydrogens (primary N) is 1. The van der Waals surface area contributed by atoms with Crippen LogP contribution < -0.4 is 5.73 Å². The predicted molar refractivity (Wildman–Crippen MR) is 89.1 cm³/mol. The van der Waals surface area contributed by atoms with Crippen molar-refractivity contribution in [1.29, 1.82) is 0 Å². The van der Waals surface area contributed by atoms with Gasteiger partial charge in [-0.3, -0.25) is 0 Å². The number of imidazole rings is 1. The molecule has 1 aromatic carbocycles. The predicted octanol–water partition coefficient (Wildman–Crippen LogP) is 4.24. The third kappa shape index (κ3) is 2.85. The number of rotatable bonds is 3. The minimum absolute atomic E-state index is 0.609. The first-order valence-corrected chi connectivity index (χ1v) is 7.24. The van der Waals surface area contributed by atoms with Crippen molar-refractivity contribution in [2.24, 2.45) is 5.73 Å². The van der Waals surface area contributed by atoms with Gasteiger partial charge in [0, 0.05) is 5.69 Å². The van der Waals surface area contributed by atoms with Crippen LogP contribution in [0.15, 0.2) is 30.3 Å². The Labute approximate surface area is 127 Å². The minimum Gasteiger partial charge on any atom is -0.395 e. The van der Waals surface area contributed by atoms with Crippen molar-refractivity contribution in [1.82, 2.24) is 9.97 Å². The Morgan fingerprint density at radius 1 is 1.30 bits per heavy atom. The Morgan fingerprint density at radius 3 is 2.65 bits per heavy atom. The fourth-order valence-corrected chi connectivity index (χ4v) is 2.62. The molecular weight excluding hydrogens is 314 g/mol. The first-order valence-electron chi connectivity index (χ1n) is 6.45. The average molecular weight is 332 g/mol. The molecule has 2 aromatic rings. The molecule has 104 valence electrons.